The van der Waals surface area contributed by atoms with Crippen LogP contribution in [-0.2, 0) is 0 Å². The number of rotatable bonds is 9. The summed E-state index contributed by atoms with van der Waals surface area (Å²) in [4.78, 5) is 25.2. The van der Waals surface area contributed by atoms with Crippen LogP contribution in [0, 0.1) is 11.3 Å². The van der Waals surface area contributed by atoms with E-state index in [-0.39, 0.29) is 11.2 Å². The molecule has 31 heavy (non-hydrogen) atoms. The summed E-state index contributed by atoms with van der Waals surface area (Å²) >= 11 is 1.56. The quantitative estimate of drug-likeness (QED) is 0.470. The largest absolute Gasteiger partial charge is 0.481 e. The lowest BCUT2D eigenvalue weighted by Gasteiger charge is -2.26. The van der Waals surface area contributed by atoms with Gasteiger partial charge < -0.3 is 9.64 Å². The number of hydrogen-bond acceptors (Lipinski definition) is 8. The third-order valence-corrected chi connectivity index (χ3v) is 5.88. The Bertz CT molecular complexity index is 1070. The highest BCUT2D eigenvalue weighted by Gasteiger charge is 2.24. The molecule has 1 unspecified atom stereocenters. The summed E-state index contributed by atoms with van der Waals surface area (Å²) in [5, 5.41) is 18.2. The number of carbonyl (C=O) groups is 1. The first-order valence-corrected chi connectivity index (χ1v) is 10.7. The monoisotopic (exact) mass is 437 g/mol. The van der Waals surface area contributed by atoms with Crippen LogP contribution in [0.1, 0.15) is 36.2 Å². The third-order valence-electron chi connectivity index (χ3n) is 4.60. The summed E-state index contributed by atoms with van der Waals surface area (Å²) in [6.07, 6.45) is 5.52. The van der Waals surface area contributed by atoms with Crippen LogP contribution in [0.2, 0.25) is 0 Å². The van der Waals surface area contributed by atoms with Crippen molar-refractivity contribution in [3.05, 3.63) is 54.0 Å². The van der Waals surface area contributed by atoms with Gasteiger partial charge in [-0.1, -0.05) is 6.92 Å². The number of methoxy groups -OCH3 is 1. The second kappa shape index (κ2) is 10.5. The predicted octanol–water partition coefficient (Wildman–Crippen LogP) is 2.97. The fourth-order valence-electron chi connectivity index (χ4n) is 2.92. The minimum absolute atomic E-state index is 0.114. The Balaban J connectivity index is 1.83. The van der Waals surface area contributed by atoms with Crippen molar-refractivity contribution in [1.29, 1.82) is 5.26 Å². The first kappa shape index (κ1) is 22.2. The van der Waals surface area contributed by atoms with Gasteiger partial charge in [-0.15, -0.1) is 16.6 Å². The van der Waals surface area contributed by atoms with E-state index in [2.05, 4.69) is 33.2 Å². The van der Waals surface area contributed by atoms with E-state index in [1.165, 1.54) is 24.3 Å². The summed E-state index contributed by atoms with van der Waals surface area (Å²) < 4.78 is 5.20. The van der Waals surface area contributed by atoms with Crippen molar-refractivity contribution in [2.75, 3.05) is 20.2 Å². The van der Waals surface area contributed by atoms with E-state index in [1.807, 2.05) is 6.92 Å². The summed E-state index contributed by atoms with van der Waals surface area (Å²) in [5.74, 6) is 0.525. The highest BCUT2D eigenvalue weighted by atomic mass is 32.2. The molecular weight excluding hydrogens is 414 g/mol. The normalized spacial score (nSPS) is 11.5. The summed E-state index contributed by atoms with van der Waals surface area (Å²) in [5.41, 5.74) is 0.958. The van der Waals surface area contributed by atoms with Gasteiger partial charge >= 0.3 is 0 Å². The van der Waals surface area contributed by atoms with E-state index in [0.29, 0.717) is 35.9 Å². The van der Waals surface area contributed by atoms with E-state index in [9.17, 15) is 4.79 Å². The zero-order valence-electron chi connectivity index (χ0n) is 17.6. The molecule has 0 aromatic carbocycles. The molecule has 0 fully saturated rings. The minimum Gasteiger partial charge on any atom is -0.481 e. The number of carbonyl (C=O) groups excluding carboxylic acids is 1. The minimum atomic E-state index is -0.164. The van der Waals surface area contributed by atoms with Crippen LogP contribution in [0.4, 0.5) is 0 Å². The molecule has 3 aromatic rings. The molecule has 1 atom stereocenters. The zero-order chi connectivity index (χ0) is 22.2. The molecule has 3 rings (SSSR count). The van der Waals surface area contributed by atoms with Gasteiger partial charge in [0.25, 0.3) is 5.91 Å². The van der Waals surface area contributed by atoms with Crippen LogP contribution >= 0.6 is 11.8 Å². The number of pyridine rings is 2. The molecule has 0 aliphatic heterocycles. The highest BCUT2D eigenvalue weighted by Crippen LogP contribution is 2.26. The predicted molar refractivity (Wildman–Crippen MR) is 116 cm³/mol. The Labute approximate surface area is 185 Å². The molecule has 1 amide bonds. The summed E-state index contributed by atoms with van der Waals surface area (Å²) in [6, 6.07) is 8.90. The molecule has 0 bridgehead atoms. The Hall–Kier alpha value is -3.45. The van der Waals surface area contributed by atoms with Gasteiger partial charge in [0.1, 0.15) is 0 Å². The van der Waals surface area contributed by atoms with Crippen molar-refractivity contribution < 1.29 is 9.53 Å². The number of amides is 1. The average molecular weight is 438 g/mol. The second-order valence-corrected chi connectivity index (χ2v) is 7.85. The Morgan fingerprint density at radius 1 is 1.26 bits per heavy atom. The van der Waals surface area contributed by atoms with Gasteiger partial charge in [0, 0.05) is 30.6 Å². The number of ether oxygens (including phenoxy) is 1. The van der Waals surface area contributed by atoms with E-state index in [4.69, 9.17) is 10.00 Å². The molecule has 3 heterocycles. The summed E-state index contributed by atoms with van der Waals surface area (Å²) in [7, 11) is 1.51. The van der Waals surface area contributed by atoms with Gasteiger partial charge in [-0.2, -0.15) is 20.4 Å². The van der Waals surface area contributed by atoms with Crippen molar-refractivity contribution in [2.45, 2.75) is 30.5 Å². The Kier molecular flexibility index (Phi) is 7.56. The molecule has 0 aliphatic rings. The van der Waals surface area contributed by atoms with E-state index >= 15 is 0 Å². The molecule has 3 aromatic heterocycles. The summed E-state index contributed by atoms with van der Waals surface area (Å²) in [6.45, 7) is 5.05. The highest BCUT2D eigenvalue weighted by molar-refractivity contribution is 7.99. The Morgan fingerprint density at radius 3 is 2.68 bits per heavy atom. The SMILES string of the molecule is CCC(CN(CC)C(=O)c1ccc(OC)nc1-n1nccn1)Sc1cc(C#N)ccn1. The number of nitriles is 1. The van der Waals surface area contributed by atoms with Gasteiger partial charge in [-0.25, -0.2) is 4.98 Å². The molecule has 160 valence electrons. The number of nitrogens with zero attached hydrogens (tertiary/aromatic N) is 7. The Morgan fingerprint density at radius 2 is 2.03 bits per heavy atom. The molecule has 0 aliphatic carbocycles. The smallest absolute Gasteiger partial charge is 0.257 e. The first-order valence-electron chi connectivity index (χ1n) is 9.83. The van der Waals surface area contributed by atoms with Crippen molar-refractivity contribution in [1.82, 2.24) is 29.9 Å². The average Bonchev–Trinajstić information content (AvgIpc) is 3.36. The maximum Gasteiger partial charge on any atom is 0.257 e. The molecule has 0 N–H and O–H groups in total. The van der Waals surface area contributed by atoms with E-state index in [0.717, 1.165) is 11.4 Å². The molecule has 0 saturated heterocycles. The van der Waals surface area contributed by atoms with E-state index in [1.54, 1.807) is 47.1 Å². The van der Waals surface area contributed by atoms with Gasteiger partial charge in [0.2, 0.25) is 5.88 Å². The lowest BCUT2D eigenvalue weighted by atomic mass is 10.2. The maximum absolute atomic E-state index is 13.4. The molecule has 0 spiro atoms. The molecule has 9 nitrogen and oxygen atoms in total. The van der Waals surface area contributed by atoms with Crippen molar-refractivity contribution in [2.24, 2.45) is 0 Å². The maximum atomic E-state index is 13.4. The van der Waals surface area contributed by atoms with Crippen LogP contribution in [0.25, 0.3) is 5.82 Å². The van der Waals surface area contributed by atoms with Gasteiger partial charge in [0.05, 0.1) is 41.7 Å². The van der Waals surface area contributed by atoms with Gasteiger partial charge in [0.15, 0.2) is 5.82 Å². The van der Waals surface area contributed by atoms with Crippen LogP contribution in [-0.4, -0.2) is 61.2 Å². The number of thioether (sulfide) groups is 1. The topological polar surface area (TPSA) is 110 Å². The van der Waals surface area contributed by atoms with Crippen LogP contribution < -0.4 is 4.74 Å². The zero-order valence-corrected chi connectivity index (χ0v) is 18.4. The number of aromatic nitrogens is 5. The lowest BCUT2D eigenvalue weighted by molar-refractivity contribution is 0.0763. The van der Waals surface area contributed by atoms with E-state index < -0.39 is 0 Å². The molecule has 0 radical (unpaired) electrons. The van der Waals surface area contributed by atoms with Crippen LogP contribution in [0.15, 0.2) is 47.9 Å². The standard InChI is InChI=1S/C21H23N7O2S/c1-4-16(31-19-12-15(13-22)8-9-23-19)14-27(5-2)21(29)17-6-7-18(30-3)26-20(17)28-24-10-11-25-28/h6-12,16H,4-5,14H2,1-3H3. The number of hydrogen-bond donors (Lipinski definition) is 0. The van der Waals surface area contributed by atoms with Crippen LogP contribution in [0.5, 0.6) is 5.88 Å². The molecule has 0 saturated carbocycles. The van der Waals surface area contributed by atoms with Gasteiger partial charge in [-0.3, -0.25) is 4.79 Å². The van der Waals surface area contributed by atoms with Crippen LogP contribution in [0.3, 0.4) is 0 Å². The lowest BCUT2D eigenvalue weighted by Crippen LogP contribution is -2.37. The van der Waals surface area contributed by atoms with Crippen molar-refractivity contribution in [3.63, 3.8) is 0 Å². The molecule has 10 heteroatoms. The van der Waals surface area contributed by atoms with Crippen molar-refractivity contribution in [3.8, 4) is 17.8 Å². The van der Waals surface area contributed by atoms with Gasteiger partial charge in [-0.05, 0) is 31.5 Å². The van der Waals surface area contributed by atoms with Crippen molar-refractivity contribution >= 4 is 17.7 Å². The fourth-order valence-corrected chi connectivity index (χ4v) is 4.00. The third kappa shape index (κ3) is 5.38. The fraction of sp³-hybridized carbons (Fsp3) is 0.333. The first-order chi connectivity index (χ1) is 15.1. The molecular formula is C21H23N7O2S. The second-order valence-electron chi connectivity index (χ2n) is 6.53.